The van der Waals surface area contributed by atoms with E-state index in [4.69, 9.17) is 4.74 Å². The van der Waals surface area contributed by atoms with Gasteiger partial charge in [-0.15, -0.1) is 0 Å². The van der Waals surface area contributed by atoms with Gasteiger partial charge in [0.2, 0.25) is 5.91 Å². The van der Waals surface area contributed by atoms with Crippen molar-refractivity contribution in [1.29, 1.82) is 0 Å². The summed E-state index contributed by atoms with van der Waals surface area (Å²) in [5.41, 5.74) is 1.98. The molecule has 12 heteroatoms. The summed E-state index contributed by atoms with van der Waals surface area (Å²) in [7, 11) is -1.76. The van der Waals surface area contributed by atoms with Gasteiger partial charge in [-0.05, 0) is 44.2 Å². The molecule has 216 valence electrons. The molecule has 10 nitrogen and oxygen atoms in total. The molecule has 1 aliphatic carbocycles. The summed E-state index contributed by atoms with van der Waals surface area (Å²) in [5, 5.41) is 16.5. The number of carboxylic acid groups (broad SMARTS) is 1. The minimum atomic E-state index is -1.76. The minimum Gasteiger partial charge on any atom is -0.550 e. The van der Waals surface area contributed by atoms with Crippen molar-refractivity contribution < 1.29 is 58.6 Å². The standard InChI is InChI=1S/C29H40N4O6Si.Na/c1-28(2)21-16-30-25(32-26(37)29(14-9-15-29)40(3,4)5)20(21)17-33(28)27(38)31-22(19-10-7-6-8-11-19)18-39-24(36)13-12-23(34)35;/h6-8,10-11,22H,9,12-18H2,1-5H3,(H,31,38)(H,34,35)(H,30,32,37);/q;+1/p-1/t22-;/m1./s1. The van der Waals surface area contributed by atoms with Crippen LogP contribution in [0.3, 0.4) is 0 Å². The fraction of sp³-hybridized carbons (Fsp3) is 0.552. The summed E-state index contributed by atoms with van der Waals surface area (Å²) >= 11 is 0. The van der Waals surface area contributed by atoms with Crippen LogP contribution in [0.5, 0.6) is 0 Å². The molecule has 0 spiro atoms. The first-order valence-electron chi connectivity index (χ1n) is 13.8. The number of aliphatic carboxylic acids is 1. The van der Waals surface area contributed by atoms with Crippen LogP contribution < -0.4 is 45.3 Å². The van der Waals surface area contributed by atoms with Crippen LogP contribution in [0, 0.1) is 0 Å². The fourth-order valence-corrected chi connectivity index (χ4v) is 8.44. The Morgan fingerprint density at radius 2 is 1.76 bits per heavy atom. The van der Waals surface area contributed by atoms with Gasteiger partial charge in [0.1, 0.15) is 12.4 Å². The monoisotopic (exact) mass is 590 g/mol. The largest absolute Gasteiger partial charge is 1.00 e. The molecular formula is C29H39N4NaO6Si. The topological polar surface area (TPSA) is 140 Å². The van der Waals surface area contributed by atoms with Crippen LogP contribution in [0.25, 0.3) is 0 Å². The summed E-state index contributed by atoms with van der Waals surface area (Å²) in [6, 6.07) is 8.14. The molecule has 1 saturated carbocycles. The molecule has 0 unspecified atom stereocenters. The zero-order valence-corrected chi connectivity index (χ0v) is 28.0. The molecule has 0 aromatic heterocycles. The van der Waals surface area contributed by atoms with Gasteiger partial charge in [0.15, 0.2) is 0 Å². The number of carbonyl (C=O) groups is 4. The molecule has 2 aliphatic heterocycles. The number of hydrogen-bond donors (Lipinski definition) is 2. The number of urea groups is 1. The number of aliphatic imine (C=N–C) groups is 1. The molecule has 1 aromatic carbocycles. The molecular weight excluding hydrogens is 551 g/mol. The Morgan fingerprint density at radius 1 is 1.10 bits per heavy atom. The van der Waals surface area contributed by atoms with Gasteiger partial charge in [0.05, 0.1) is 39.2 Å². The van der Waals surface area contributed by atoms with Gasteiger partial charge >= 0.3 is 41.6 Å². The fourth-order valence-electron chi connectivity index (χ4n) is 5.85. The van der Waals surface area contributed by atoms with E-state index in [1.165, 1.54) is 0 Å². The molecule has 1 aromatic rings. The Bertz CT molecular complexity index is 1250. The van der Waals surface area contributed by atoms with Crippen LogP contribution in [-0.2, 0) is 19.1 Å². The van der Waals surface area contributed by atoms with Gasteiger partial charge in [0.25, 0.3) is 0 Å². The van der Waals surface area contributed by atoms with Crippen LogP contribution in [0.2, 0.25) is 24.7 Å². The minimum absolute atomic E-state index is 0. The third-order valence-corrected chi connectivity index (χ3v) is 12.4. The number of rotatable bonds is 9. The first-order valence-corrected chi connectivity index (χ1v) is 17.3. The van der Waals surface area contributed by atoms with Crippen molar-refractivity contribution >= 4 is 37.8 Å². The Hall–Kier alpha value is -2.47. The second-order valence-corrected chi connectivity index (χ2v) is 17.8. The van der Waals surface area contributed by atoms with Gasteiger partial charge in [-0.3, -0.25) is 14.6 Å². The number of amides is 3. The number of amidine groups is 1. The normalized spacial score (nSPS) is 19.2. The summed E-state index contributed by atoms with van der Waals surface area (Å²) in [6.07, 6.45) is 2.15. The maximum absolute atomic E-state index is 13.7. The van der Waals surface area contributed by atoms with E-state index in [-0.39, 0.29) is 59.6 Å². The molecule has 4 rings (SSSR count). The zero-order chi connectivity index (χ0) is 29.3. The predicted octanol–water partition coefficient (Wildman–Crippen LogP) is -0.304. The Balaban J connectivity index is 0.00000462. The van der Waals surface area contributed by atoms with E-state index >= 15 is 0 Å². The van der Waals surface area contributed by atoms with Crippen molar-refractivity contribution in [2.75, 3.05) is 19.7 Å². The number of esters is 1. The van der Waals surface area contributed by atoms with Gasteiger partial charge in [0, 0.05) is 16.6 Å². The smallest absolute Gasteiger partial charge is 0.550 e. The quantitative estimate of drug-likeness (QED) is 0.299. The van der Waals surface area contributed by atoms with Crippen LogP contribution in [0.1, 0.15) is 57.6 Å². The molecule has 2 heterocycles. The van der Waals surface area contributed by atoms with E-state index in [2.05, 4.69) is 35.3 Å². The number of carbonyl (C=O) groups excluding carboxylic acids is 4. The summed E-state index contributed by atoms with van der Waals surface area (Å²) in [6.45, 7) is 11.2. The van der Waals surface area contributed by atoms with Crippen LogP contribution in [-0.4, -0.2) is 67.9 Å². The third kappa shape index (κ3) is 6.79. The molecule has 0 bridgehead atoms. The summed E-state index contributed by atoms with van der Waals surface area (Å²) in [5.74, 6) is -1.39. The summed E-state index contributed by atoms with van der Waals surface area (Å²) in [4.78, 5) is 56.2. The van der Waals surface area contributed by atoms with Crippen LogP contribution in [0.15, 0.2) is 46.5 Å². The van der Waals surface area contributed by atoms with Crippen molar-refractivity contribution in [3.8, 4) is 0 Å². The first-order chi connectivity index (χ1) is 18.8. The van der Waals surface area contributed by atoms with Gasteiger partial charge < -0.3 is 30.2 Å². The van der Waals surface area contributed by atoms with E-state index < -0.39 is 38.0 Å². The van der Waals surface area contributed by atoms with Crippen LogP contribution in [0.4, 0.5) is 4.79 Å². The Labute approximate surface area is 264 Å². The van der Waals surface area contributed by atoms with E-state index in [0.717, 1.165) is 36.0 Å². The van der Waals surface area contributed by atoms with Crippen molar-refractivity contribution in [1.82, 2.24) is 15.5 Å². The Kier molecular flexibility index (Phi) is 10.3. The van der Waals surface area contributed by atoms with Crippen LogP contribution >= 0.6 is 0 Å². The third-order valence-electron chi connectivity index (χ3n) is 8.77. The number of carboxylic acids is 1. The van der Waals surface area contributed by atoms with Crippen molar-refractivity contribution in [2.24, 2.45) is 4.99 Å². The maximum atomic E-state index is 13.7. The molecule has 0 radical (unpaired) electrons. The van der Waals surface area contributed by atoms with E-state index in [1.807, 2.05) is 44.2 Å². The van der Waals surface area contributed by atoms with Crippen molar-refractivity contribution in [2.45, 2.75) is 82.2 Å². The van der Waals surface area contributed by atoms with E-state index in [1.54, 1.807) is 4.90 Å². The molecule has 2 N–H and O–H groups in total. The number of nitrogens with one attached hydrogen (secondary N) is 2. The number of ether oxygens (including phenoxy) is 1. The summed E-state index contributed by atoms with van der Waals surface area (Å²) < 4.78 is 5.30. The number of benzene rings is 1. The van der Waals surface area contributed by atoms with E-state index in [0.29, 0.717) is 18.9 Å². The van der Waals surface area contributed by atoms with Crippen molar-refractivity contribution in [3.63, 3.8) is 0 Å². The molecule has 1 atom stereocenters. The Morgan fingerprint density at radius 3 is 2.32 bits per heavy atom. The van der Waals surface area contributed by atoms with Gasteiger partial charge in [-0.1, -0.05) is 56.4 Å². The molecule has 3 amide bonds. The predicted molar refractivity (Wildman–Crippen MR) is 151 cm³/mol. The average Bonchev–Trinajstić information content (AvgIpc) is 3.36. The molecule has 3 aliphatic rings. The van der Waals surface area contributed by atoms with Gasteiger partial charge in [-0.2, -0.15) is 0 Å². The first kappa shape index (κ1) is 33.0. The van der Waals surface area contributed by atoms with Gasteiger partial charge in [-0.25, -0.2) is 4.79 Å². The van der Waals surface area contributed by atoms with Crippen molar-refractivity contribution in [3.05, 3.63) is 47.0 Å². The SMILES string of the molecule is CC1(C)C2=C(CN1C(=O)N[C@H](COC(=O)CCC(=O)[O-])c1ccccc1)C(NC(=O)C1([Si](C)(C)C)CCC1)=NC2.[Na+]. The molecule has 41 heavy (non-hydrogen) atoms. The second kappa shape index (κ2) is 12.8. The second-order valence-electron chi connectivity index (χ2n) is 12.4. The zero-order valence-electron chi connectivity index (χ0n) is 25.0. The maximum Gasteiger partial charge on any atom is 1.00 e. The molecule has 1 fully saturated rings. The average molecular weight is 591 g/mol. The molecule has 0 saturated heterocycles. The van der Waals surface area contributed by atoms with E-state index in [9.17, 15) is 24.3 Å². The number of nitrogens with zero attached hydrogens (tertiary/aromatic N) is 2. The number of hydrogen-bond acceptors (Lipinski definition) is 7.